The molecule has 0 N–H and O–H groups in total. The monoisotopic (exact) mass is 660 g/mol. The van der Waals surface area contributed by atoms with Crippen LogP contribution in [0.5, 0.6) is 0 Å². The van der Waals surface area contributed by atoms with Gasteiger partial charge in [-0.3, -0.25) is 9.34 Å². The van der Waals surface area contributed by atoms with Crippen molar-refractivity contribution >= 4 is 69.4 Å². The zero-order valence-corrected chi connectivity index (χ0v) is 27.8. The van der Waals surface area contributed by atoms with Crippen LogP contribution in [-0.4, -0.2) is 9.97 Å². The van der Waals surface area contributed by atoms with Crippen molar-refractivity contribution in [2.45, 2.75) is 0 Å². The molecule has 5 nitrogen and oxygen atoms in total. The lowest BCUT2D eigenvalue weighted by Gasteiger charge is -2.31. The molecule has 0 fully saturated rings. The van der Waals surface area contributed by atoms with Crippen LogP contribution in [0.15, 0.2) is 180 Å². The number of benzene rings is 7. The summed E-state index contributed by atoms with van der Waals surface area (Å²) in [5.41, 5.74) is 12.2. The van der Waals surface area contributed by atoms with E-state index in [1.165, 1.54) is 0 Å². The van der Waals surface area contributed by atoms with Gasteiger partial charge in [0, 0.05) is 33.1 Å². The molecule has 236 valence electrons. The topological polar surface area (TPSA) is 45.4 Å². The normalized spacial score (nSPS) is 14.1. The average Bonchev–Trinajstić information content (AvgIpc) is 3.74. The van der Waals surface area contributed by atoms with Crippen LogP contribution in [0.25, 0.3) is 55.2 Å². The first-order valence-electron chi connectivity index (χ1n) is 16.7. The fourth-order valence-corrected chi connectivity index (χ4v) is 9.40. The van der Waals surface area contributed by atoms with Gasteiger partial charge in [0.2, 0.25) is 0 Å². The third-order valence-electron chi connectivity index (χ3n) is 9.34. The van der Waals surface area contributed by atoms with Crippen LogP contribution in [0, 0.1) is 0 Å². The maximum atomic E-state index is 6.16. The van der Waals surface area contributed by atoms with Gasteiger partial charge in [0.25, 0.3) is 0 Å². The van der Waals surface area contributed by atoms with E-state index in [4.69, 9.17) is 14.4 Å². The maximum Gasteiger partial charge on any atom is 0.196 e. The molecule has 0 amide bonds. The second kappa shape index (κ2) is 11.7. The molecule has 0 spiro atoms. The zero-order chi connectivity index (χ0) is 33.0. The van der Waals surface area contributed by atoms with Crippen LogP contribution in [0.3, 0.4) is 0 Å². The lowest BCUT2D eigenvalue weighted by atomic mass is 10.0. The molecule has 1 unspecified atom stereocenters. The number of fused-ring (bicyclic) bond motifs is 5. The van der Waals surface area contributed by atoms with E-state index < -0.39 is 8.22 Å². The van der Waals surface area contributed by atoms with Crippen molar-refractivity contribution in [2.24, 2.45) is 0 Å². The van der Waals surface area contributed by atoms with E-state index in [-0.39, 0.29) is 0 Å². The molecule has 7 aromatic carbocycles. The lowest BCUT2D eigenvalue weighted by molar-refractivity contribution is 0.669. The summed E-state index contributed by atoms with van der Waals surface area (Å²) in [6, 6.07) is 61.6. The van der Waals surface area contributed by atoms with Crippen molar-refractivity contribution in [1.29, 1.82) is 0 Å². The number of anilines is 4. The largest absolute Gasteiger partial charge is 0.456 e. The quantitative estimate of drug-likeness (QED) is 0.172. The van der Waals surface area contributed by atoms with Gasteiger partial charge in [-0.1, -0.05) is 115 Å². The zero-order valence-electron chi connectivity index (χ0n) is 26.9. The average molecular weight is 661 g/mol. The Labute approximate surface area is 290 Å². The van der Waals surface area contributed by atoms with Crippen molar-refractivity contribution in [3.8, 4) is 22.4 Å². The summed E-state index contributed by atoms with van der Waals surface area (Å²) in [6.45, 7) is 0. The highest BCUT2D eigenvalue weighted by molar-refractivity contribution is 7.69. The molecule has 2 aromatic heterocycles. The fourth-order valence-electron chi connectivity index (χ4n) is 7.03. The standard InChI is InChI=1S/C44H29N4OP/c1-4-14-30(15-5-1)43-36-21-10-12-22-38(36)45-44(46-43)50-47(33-16-6-2-7-17-33)39-26-24-32(29-40(39)48(50)34-18-8-3-9-19-34)31-25-27-42-37(28-31)35-20-11-13-23-41(35)49-42/h1-29H. The third-order valence-corrected chi connectivity index (χ3v) is 11.5. The number of rotatable bonds is 5. The van der Waals surface area contributed by atoms with Crippen LogP contribution < -0.4 is 14.9 Å². The number of hydrogen-bond donors (Lipinski definition) is 0. The van der Waals surface area contributed by atoms with E-state index in [0.29, 0.717) is 0 Å². The predicted octanol–water partition coefficient (Wildman–Crippen LogP) is 11.8. The number of nitrogens with zero attached hydrogens (tertiary/aromatic N) is 4. The van der Waals surface area contributed by atoms with E-state index in [1.807, 2.05) is 18.2 Å². The molecule has 3 heterocycles. The summed E-state index contributed by atoms with van der Waals surface area (Å²) in [4.78, 5) is 10.8. The van der Waals surface area contributed by atoms with Gasteiger partial charge in [0.05, 0.1) is 22.6 Å². The first-order valence-corrected chi connectivity index (χ1v) is 17.9. The fraction of sp³-hybridized carbons (Fsp3) is 0. The SMILES string of the molecule is c1ccc(-c2nc(P3N(c4ccccc4)c4ccc(-c5ccc6oc7ccccc7c6c5)cc4N3c3ccccc3)nc3ccccc23)cc1. The van der Waals surface area contributed by atoms with Crippen molar-refractivity contribution in [3.63, 3.8) is 0 Å². The summed E-state index contributed by atoms with van der Waals surface area (Å²) in [5.74, 6) is 0. The van der Waals surface area contributed by atoms with E-state index in [9.17, 15) is 0 Å². The Balaban J connectivity index is 1.21. The van der Waals surface area contributed by atoms with Gasteiger partial charge in [-0.25, -0.2) is 9.97 Å². The van der Waals surface area contributed by atoms with Crippen molar-refractivity contribution in [1.82, 2.24) is 9.97 Å². The molecule has 10 rings (SSSR count). The number of furan rings is 1. The lowest BCUT2D eigenvalue weighted by Crippen LogP contribution is -2.27. The van der Waals surface area contributed by atoms with Crippen LogP contribution in [0.4, 0.5) is 22.7 Å². The van der Waals surface area contributed by atoms with E-state index in [2.05, 4.69) is 167 Å². The molecule has 0 saturated heterocycles. The Morgan fingerprint density at radius 2 is 1.00 bits per heavy atom. The Morgan fingerprint density at radius 3 is 1.76 bits per heavy atom. The van der Waals surface area contributed by atoms with Gasteiger partial charge in [-0.2, -0.15) is 0 Å². The molecule has 6 heteroatoms. The number of hydrogen-bond acceptors (Lipinski definition) is 5. The maximum absolute atomic E-state index is 6.16. The molecule has 0 aliphatic carbocycles. The van der Waals surface area contributed by atoms with Crippen LogP contribution in [0.1, 0.15) is 0 Å². The highest BCUT2D eigenvalue weighted by Gasteiger charge is 2.42. The minimum absolute atomic E-state index is 0.786. The first kappa shape index (κ1) is 28.7. The molecule has 1 aliphatic heterocycles. The van der Waals surface area contributed by atoms with Crippen molar-refractivity contribution in [2.75, 3.05) is 9.34 Å². The predicted molar refractivity (Wildman–Crippen MR) is 208 cm³/mol. The van der Waals surface area contributed by atoms with Gasteiger partial charge >= 0.3 is 0 Å². The number of aromatic nitrogens is 2. The molecule has 1 aliphatic rings. The van der Waals surface area contributed by atoms with Gasteiger partial charge in [-0.15, -0.1) is 0 Å². The molecule has 0 radical (unpaired) electrons. The molecular weight excluding hydrogens is 631 g/mol. The summed E-state index contributed by atoms with van der Waals surface area (Å²) in [6.07, 6.45) is 0. The van der Waals surface area contributed by atoms with Crippen LogP contribution >= 0.6 is 8.22 Å². The van der Waals surface area contributed by atoms with Crippen LogP contribution in [0.2, 0.25) is 0 Å². The molecule has 50 heavy (non-hydrogen) atoms. The second-order valence-electron chi connectivity index (χ2n) is 12.4. The Bertz CT molecular complexity index is 2680. The summed E-state index contributed by atoms with van der Waals surface area (Å²) in [7, 11) is -1.32. The summed E-state index contributed by atoms with van der Waals surface area (Å²) < 4.78 is 11.1. The van der Waals surface area contributed by atoms with Gasteiger partial charge in [-0.05, 0) is 71.8 Å². The Morgan fingerprint density at radius 1 is 0.420 bits per heavy atom. The van der Waals surface area contributed by atoms with Gasteiger partial charge in [0.15, 0.2) is 13.8 Å². The van der Waals surface area contributed by atoms with E-state index in [0.717, 1.165) is 83.5 Å². The van der Waals surface area contributed by atoms with Gasteiger partial charge < -0.3 is 4.42 Å². The Kier molecular flexibility index (Phi) is 6.71. The highest BCUT2D eigenvalue weighted by atomic mass is 31.1. The molecular formula is C44H29N4OP. The molecule has 9 aromatic rings. The minimum atomic E-state index is -1.32. The first-order chi connectivity index (χ1) is 24.8. The summed E-state index contributed by atoms with van der Waals surface area (Å²) in [5, 5.41) is 3.28. The molecule has 0 saturated carbocycles. The van der Waals surface area contributed by atoms with E-state index in [1.54, 1.807) is 0 Å². The van der Waals surface area contributed by atoms with E-state index >= 15 is 0 Å². The smallest absolute Gasteiger partial charge is 0.196 e. The highest BCUT2D eigenvalue weighted by Crippen LogP contribution is 2.65. The summed E-state index contributed by atoms with van der Waals surface area (Å²) >= 11 is 0. The van der Waals surface area contributed by atoms with Gasteiger partial charge in [0.1, 0.15) is 11.2 Å². The third kappa shape index (κ3) is 4.67. The molecule has 1 atom stereocenters. The molecule has 0 bridgehead atoms. The number of para-hydroxylation sites is 4. The minimum Gasteiger partial charge on any atom is -0.456 e. The van der Waals surface area contributed by atoms with Crippen LogP contribution in [-0.2, 0) is 0 Å². The second-order valence-corrected chi connectivity index (χ2v) is 14.1. The van der Waals surface area contributed by atoms with Crippen molar-refractivity contribution in [3.05, 3.63) is 176 Å². The Hall–Kier alpha value is -6.29. The van der Waals surface area contributed by atoms with Crippen molar-refractivity contribution < 1.29 is 4.42 Å².